The molecule has 0 fully saturated rings. The third-order valence-corrected chi connectivity index (χ3v) is 2.91. The molecule has 0 amide bonds. The molecular weight excluding hydrogens is 263 g/mol. The van der Waals surface area contributed by atoms with Crippen molar-refractivity contribution < 1.29 is 0 Å². The highest BCUT2D eigenvalue weighted by molar-refractivity contribution is 5.85. The summed E-state index contributed by atoms with van der Waals surface area (Å²) in [6.45, 7) is 9.02. The molecule has 0 spiro atoms. The maximum absolute atomic E-state index is 2.26. The van der Waals surface area contributed by atoms with E-state index in [0.29, 0.717) is 0 Å². The van der Waals surface area contributed by atoms with Gasteiger partial charge in [0.2, 0.25) is 0 Å². The molecule has 0 aliphatic heterocycles. The van der Waals surface area contributed by atoms with Gasteiger partial charge >= 0.3 is 0 Å². The van der Waals surface area contributed by atoms with Crippen LogP contribution in [0.2, 0.25) is 0 Å². The van der Waals surface area contributed by atoms with Gasteiger partial charge in [-0.1, -0.05) is 105 Å². The van der Waals surface area contributed by atoms with Crippen LogP contribution in [0.4, 0.5) is 0 Å². The van der Waals surface area contributed by atoms with Crippen molar-refractivity contribution >= 4 is 24.8 Å². The van der Waals surface area contributed by atoms with Crippen LogP contribution in [0.1, 0.15) is 105 Å². The van der Waals surface area contributed by atoms with Crippen LogP contribution in [-0.2, 0) is 0 Å². The normalized spacial score (nSPS) is 8.67. The fraction of sp³-hybridized carbons (Fsp3) is 1.00. The summed E-state index contributed by atoms with van der Waals surface area (Å²) in [5.41, 5.74) is 0. The number of rotatable bonds is 10. The summed E-state index contributed by atoms with van der Waals surface area (Å²) in [6, 6.07) is 0. The van der Waals surface area contributed by atoms with Crippen LogP contribution in [0.5, 0.6) is 0 Å². The molecule has 2 heteroatoms. The van der Waals surface area contributed by atoms with Crippen LogP contribution >= 0.6 is 24.8 Å². The summed E-state index contributed by atoms with van der Waals surface area (Å²) >= 11 is 0. The van der Waals surface area contributed by atoms with Gasteiger partial charge in [0.25, 0.3) is 0 Å². The lowest BCUT2D eigenvalue weighted by Gasteiger charge is -1.93. The van der Waals surface area contributed by atoms with E-state index in [1.54, 1.807) is 0 Å². The van der Waals surface area contributed by atoms with Gasteiger partial charge in [0.1, 0.15) is 0 Å². The number of hydrogen-bond acceptors (Lipinski definition) is 0. The molecule has 0 N–H and O–H groups in total. The molecule has 0 aliphatic rings. The predicted molar refractivity (Wildman–Crippen MR) is 92.6 cm³/mol. The average molecular weight is 301 g/mol. The molecule has 0 nitrogen and oxygen atoms in total. The van der Waals surface area contributed by atoms with Crippen molar-refractivity contribution in [3.05, 3.63) is 0 Å². The summed E-state index contributed by atoms with van der Waals surface area (Å²) < 4.78 is 0. The van der Waals surface area contributed by atoms with E-state index in [1.165, 1.54) is 77.0 Å². The topological polar surface area (TPSA) is 0 Å². The van der Waals surface area contributed by atoms with E-state index in [2.05, 4.69) is 27.7 Å². The largest absolute Gasteiger partial charge is 0.147 e. The summed E-state index contributed by atoms with van der Waals surface area (Å²) in [6.07, 6.45) is 17.0. The van der Waals surface area contributed by atoms with Gasteiger partial charge in [-0.05, 0) is 0 Å². The van der Waals surface area contributed by atoms with Crippen LogP contribution in [-0.4, -0.2) is 0 Å². The molecular formula is C16H38Cl2. The van der Waals surface area contributed by atoms with E-state index in [1.807, 2.05) is 0 Å². The molecule has 0 radical (unpaired) electrons. The third-order valence-electron chi connectivity index (χ3n) is 2.91. The van der Waals surface area contributed by atoms with E-state index in [4.69, 9.17) is 0 Å². The Morgan fingerprint density at radius 2 is 0.500 bits per heavy atom. The van der Waals surface area contributed by atoms with E-state index in [9.17, 15) is 0 Å². The van der Waals surface area contributed by atoms with Crippen molar-refractivity contribution in [2.45, 2.75) is 105 Å². The second kappa shape index (κ2) is 30.5. The van der Waals surface area contributed by atoms with Gasteiger partial charge < -0.3 is 0 Å². The Hall–Kier alpha value is 0.580. The van der Waals surface area contributed by atoms with Gasteiger partial charge in [-0.2, -0.15) is 0 Å². The highest BCUT2D eigenvalue weighted by atomic mass is 35.5. The molecule has 0 aromatic carbocycles. The lowest BCUT2D eigenvalue weighted by atomic mass is 10.1. The first-order chi connectivity index (χ1) is 7.83. The molecule has 0 aromatic heterocycles. The fourth-order valence-electron chi connectivity index (χ4n) is 1.71. The van der Waals surface area contributed by atoms with E-state index >= 15 is 0 Å². The summed E-state index contributed by atoms with van der Waals surface area (Å²) in [4.78, 5) is 0. The minimum Gasteiger partial charge on any atom is -0.147 e. The molecule has 0 heterocycles. The smallest absolute Gasteiger partial charge is 0.0533 e. The SMILES string of the molecule is CCCCCCCC.CCCCCCCC.Cl.Cl. The van der Waals surface area contributed by atoms with Crippen molar-refractivity contribution in [1.29, 1.82) is 0 Å². The Balaban J connectivity index is -0.0000000980. The van der Waals surface area contributed by atoms with Gasteiger partial charge in [-0.25, -0.2) is 0 Å². The van der Waals surface area contributed by atoms with Crippen LogP contribution in [0.15, 0.2) is 0 Å². The van der Waals surface area contributed by atoms with Crippen molar-refractivity contribution in [3.63, 3.8) is 0 Å². The molecule has 18 heavy (non-hydrogen) atoms. The monoisotopic (exact) mass is 300 g/mol. The number of halogens is 2. The summed E-state index contributed by atoms with van der Waals surface area (Å²) in [5, 5.41) is 0. The molecule has 0 aromatic rings. The van der Waals surface area contributed by atoms with Gasteiger partial charge in [-0.3, -0.25) is 0 Å². The van der Waals surface area contributed by atoms with Gasteiger partial charge in [-0.15, -0.1) is 24.8 Å². The Kier molecular flexibility index (Phi) is 45.8. The van der Waals surface area contributed by atoms with Crippen molar-refractivity contribution in [2.75, 3.05) is 0 Å². The summed E-state index contributed by atoms with van der Waals surface area (Å²) in [5.74, 6) is 0. The van der Waals surface area contributed by atoms with Crippen molar-refractivity contribution in [2.24, 2.45) is 0 Å². The molecule has 0 saturated carbocycles. The fourth-order valence-corrected chi connectivity index (χ4v) is 1.71. The molecule has 0 aliphatic carbocycles. The first-order valence-corrected chi connectivity index (χ1v) is 7.83. The van der Waals surface area contributed by atoms with Gasteiger partial charge in [0.15, 0.2) is 0 Å². The zero-order valence-corrected chi connectivity index (χ0v) is 14.9. The molecule has 0 bridgehead atoms. The quantitative estimate of drug-likeness (QED) is 0.365. The second-order valence-electron chi connectivity index (χ2n) is 4.83. The first-order valence-electron chi connectivity index (χ1n) is 7.83. The van der Waals surface area contributed by atoms with Gasteiger partial charge in [0, 0.05) is 0 Å². The highest BCUT2D eigenvalue weighted by Gasteiger charge is 1.84. The Morgan fingerprint density at radius 1 is 0.333 bits per heavy atom. The Bertz CT molecular complexity index is 71.1. The van der Waals surface area contributed by atoms with Crippen LogP contribution < -0.4 is 0 Å². The molecule has 0 rings (SSSR count). The average Bonchev–Trinajstić information content (AvgIpc) is 2.31. The standard InChI is InChI=1S/2C8H18.2ClH/c2*1-3-5-7-8-6-4-2;;/h2*3-8H2,1-2H3;2*1H. The third kappa shape index (κ3) is 36.0. The highest BCUT2D eigenvalue weighted by Crippen LogP contribution is 2.03. The maximum atomic E-state index is 2.26. The Labute approximate surface area is 130 Å². The minimum absolute atomic E-state index is 0. The molecule has 0 atom stereocenters. The van der Waals surface area contributed by atoms with Crippen LogP contribution in [0.3, 0.4) is 0 Å². The Morgan fingerprint density at radius 3 is 0.611 bits per heavy atom. The summed E-state index contributed by atoms with van der Waals surface area (Å²) in [7, 11) is 0. The minimum atomic E-state index is 0. The lowest BCUT2D eigenvalue weighted by Crippen LogP contribution is -1.73. The lowest BCUT2D eigenvalue weighted by molar-refractivity contribution is 0.624. The number of hydrogen-bond donors (Lipinski definition) is 0. The number of unbranched alkanes of at least 4 members (excludes halogenated alkanes) is 10. The molecule has 0 saturated heterocycles. The first kappa shape index (κ1) is 27.0. The zero-order chi connectivity index (χ0) is 12.5. The predicted octanol–water partition coefficient (Wildman–Crippen LogP) is 7.58. The maximum Gasteiger partial charge on any atom is -0.0533 e. The van der Waals surface area contributed by atoms with Crippen LogP contribution in [0.25, 0.3) is 0 Å². The zero-order valence-electron chi connectivity index (χ0n) is 13.3. The van der Waals surface area contributed by atoms with Crippen LogP contribution in [0, 0.1) is 0 Å². The molecule has 116 valence electrons. The van der Waals surface area contributed by atoms with E-state index in [-0.39, 0.29) is 24.8 Å². The molecule has 0 unspecified atom stereocenters. The second-order valence-corrected chi connectivity index (χ2v) is 4.83. The van der Waals surface area contributed by atoms with E-state index < -0.39 is 0 Å². The van der Waals surface area contributed by atoms with Crippen molar-refractivity contribution in [1.82, 2.24) is 0 Å². The van der Waals surface area contributed by atoms with Crippen molar-refractivity contribution in [3.8, 4) is 0 Å². The van der Waals surface area contributed by atoms with Gasteiger partial charge in [0.05, 0.1) is 0 Å². The van der Waals surface area contributed by atoms with E-state index in [0.717, 1.165) is 0 Å².